The van der Waals surface area contributed by atoms with Gasteiger partial charge in [0.2, 0.25) is 5.88 Å². The van der Waals surface area contributed by atoms with Crippen LogP contribution < -0.4 is 5.73 Å². The third-order valence-electron chi connectivity index (χ3n) is 2.62. The number of piperazine rings is 1. The Hall–Kier alpha value is -1.56. The van der Waals surface area contributed by atoms with Crippen LogP contribution in [0.5, 0.6) is 0 Å². The molecular weight excluding hydrogens is 196 g/mol. The van der Waals surface area contributed by atoms with Gasteiger partial charge in [-0.15, -0.1) is 0 Å². The van der Waals surface area contributed by atoms with Crippen molar-refractivity contribution < 1.29 is 9.32 Å². The molecule has 15 heavy (non-hydrogen) atoms. The minimum Gasteiger partial charge on any atom is -0.367 e. The zero-order valence-corrected chi connectivity index (χ0v) is 8.64. The van der Waals surface area contributed by atoms with E-state index in [0.717, 1.165) is 26.2 Å². The SMILES string of the molecule is CN1CCN(C(=O)c2cnoc2N)CC1. The van der Waals surface area contributed by atoms with E-state index in [-0.39, 0.29) is 11.8 Å². The van der Waals surface area contributed by atoms with Gasteiger partial charge in [0.05, 0.1) is 6.20 Å². The van der Waals surface area contributed by atoms with Gasteiger partial charge in [-0.25, -0.2) is 0 Å². The molecule has 1 aromatic heterocycles. The molecule has 0 bridgehead atoms. The number of anilines is 1. The highest BCUT2D eigenvalue weighted by molar-refractivity contribution is 5.97. The lowest BCUT2D eigenvalue weighted by atomic mass is 10.2. The number of carbonyl (C=O) groups excluding carboxylic acids is 1. The van der Waals surface area contributed by atoms with Crippen molar-refractivity contribution in [2.45, 2.75) is 0 Å². The topological polar surface area (TPSA) is 75.6 Å². The molecule has 2 rings (SSSR count). The maximum Gasteiger partial charge on any atom is 0.261 e. The van der Waals surface area contributed by atoms with Gasteiger partial charge in [-0.05, 0) is 7.05 Å². The van der Waals surface area contributed by atoms with Crippen molar-refractivity contribution in [3.63, 3.8) is 0 Å². The second kappa shape index (κ2) is 3.90. The summed E-state index contributed by atoms with van der Waals surface area (Å²) in [6.45, 7) is 3.22. The summed E-state index contributed by atoms with van der Waals surface area (Å²) in [7, 11) is 2.04. The fourth-order valence-corrected chi connectivity index (χ4v) is 1.59. The van der Waals surface area contributed by atoms with Crippen LogP contribution in [0.4, 0.5) is 5.88 Å². The minimum absolute atomic E-state index is 0.0955. The Morgan fingerprint density at radius 2 is 2.13 bits per heavy atom. The number of amides is 1. The van der Waals surface area contributed by atoms with E-state index in [1.54, 1.807) is 4.90 Å². The first-order valence-electron chi connectivity index (χ1n) is 4.86. The molecule has 82 valence electrons. The van der Waals surface area contributed by atoms with Crippen LogP contribution >= 0.6 is 0 Å². The molecule has 0 unspecified atom stereocenters. The van der Waals surface area contributed by atoms with Crippen molar-refractivity contribution in [3.05, 3.63) is 11.8 Å². The van der Waals surface area contributed by atoms with Gasteiger partial charge in [-0.1, -0.05) is 5.16 Å². The number of carbonyl (C=O) groups is 1. The van der Waals surface area contributed by atoms with E-state index >= 15 is 0 Å². The van der Waals surface area contributed by atoms with Crippen molar-refractivity contribution >= 4 is 11.8 Å². The van der Waals surface area contributed by atoms with Gasteiger partial charge in [0.1, 0.15) is 5.56 Å². The second-order valence-electron chi connectivity index (χ2n) is 3.70. The fourth-order valence-electron chi connectivity index (χ4n) is 1.59. The fraction of sp³-hybridized carbons (Fsp3) is 0.556. The normalized spacial score (nSPS) is 18.1. The average molecular weight is 210 g/mol. The molecule has 1 aliphatic heterocycles. The first-order valence-corrected chi connectivity index (χ1v) is 4.86. The largest absolute Gasteiger partial charge is 0.367 e. The molecule has 2 N–H and O–H groups in total. The van der Waals surface area contributed by atoms with Crippen molar-refractivity contribution in [2.24, 2.45) is 0 Å². The molecule has 0 aromatic carbocycles. The first kappa shape index (κ1) is 9.97. The Balaban J connectivity index is 2.06. The Morgan fingerprint density at radius 3 is 2.67 bits per heavy atom. The Kier molecular flexibility index (Phi) is 2.59. The molecule has 1 saturated heterocycles. The molecule has 6 heteroatoms. The third kappa shape index (κ3) is 1.94. The molecule has 6 nitrogen and oxygen atoms in total. The van der Waals surface area contributed by atoms with Gasteiger partial charge in [-0.3, -0.25) is 4.79 Å². The molecule has 0 atom stereocenters. The van der Waals surface area contributed by atoms with Crippen LogP contribution in [0.1, 0.15) is 10.4 Å². The summed E-state index contributed by atoms with van der Waals surface area (Å²) < 4.78 is 4.67. The van der Waals surface area contributed by atoms with Crippen molar-refractivity contribution in [3.8, 4) is 0 Å². The van der Waals surface area contributed by atoms with Gasteiger partial charge in [0.15, 0.2) is 0 Å². The van der Waals surface area contributed by atoms with Gasteiger partial charge in [-0.2, -0.15) is 0 Å². The molecular formula is C9H14N4O2. The Morgan fingerprint density at radius 1 is 1.47 bits per heavy atom. The van der Waals surface area contributed by atoms with Crippen LogP contribution in [0.3, 0.4) is 0 Å². The van der Waals surface area contributed by atoms with Crippen LogP contribution in [0.15, 0.2) is 10.7 Å². The Bertz CT molecular complexity index is 355. The summed E-state index contributed by atoms with van der Waals surface area (Å²) in [5.41, 5.74) is 5.85. The lowest BCUT2D eigenvalue weighted by Crippen LogP contribution is -2.47. The highest BCUT2D eigenvalue weighted by atomic mass is 16.5. The predicted molar refractivity (Wildman–Crippen MR) is 54.3 cm³/mol. The molecule has 1 fully saturated rings. The zero-order valence-electron chi connectivity index (χ0n) is 8.64. The zero-order chi connectivity index (χ0) is 10.8. The van der Waals surface area contributed by atoms with E-state index in [2.05, 4.69) is 14.6 Å². The maximum atomic E-state index is 11.9. The van der Waals surface area contributed by atoms with Gasteiger partial charge in [0, 0.05) is 26.2 Å². The molecule has 2 heterocycles. The van der Waals surface area contributed by atoms with Crippen molar-refractivity contribution in [1.82, 2.24) is 15.0 Å². The molecule has 0 radical (unpaired) electrons. The van der Waals surface area contributed by atoms with E-state index in [1.807, 2.05) is 7.05 Å². The third-order valence-corrected chi connectivity index (χ3v) is 2.62. The second-order valence-corrected chi connectivity index (χ2v) is 3.70. The quantitative estimate of drug-likeness (QED) is 0.685. The van der Waals surface area contributed by atoms with E-state index in [4.69, 9.17) is 5.73 Å². The number of hydrogen-bond acceptors (Lipinski definition) is 5. The van der Waals surface area contributed by atoms with E-state index in [0.29, 0.717) is 5.56 Å². The number of hydrogen-bond donors (Lipinski definition) is 1. The van der Waals surface area contributed by atoms with Gasteiger partial charge < -0.3 is 20.1 Å². The number of nitrogen functional groups attached to an aromatic ring is 1. The number of nitrogens with two attached hydrogens (primary N) is 1. The Labute approximate surface area is 87.6 Å². The first-order chi connectivity index (χ1) is 7.18. The molecule has 0 spiro atoms. The summed E-state index contributed by atoms with van der Waals surface area (Å²) >= 11 is 0. The van der Waals surface area contributed by atoms with Crippen LogP contribution in [0.25, 0.3) is 0 Å². The van der Waals surface area contributed by atoms with E-state index in [1.165, 1.54) is 6.20 Å². The number of rotatable bonds is 1. The van der Waals surface area contributed by atoms with Crippen LogP contribution in [0, 0.1) is 0 Å². The number of aromatic nitrogens is 1. The summed E-state index contributed by atoms with van der Waals surface area (Å²) in [6.07, 6.45) is 1.37. The number of nitrogens with zero attached hydrogens (tertiary/aromatic N) is 3. The van der Waals surface area contributed by atoms with Crippen LogP contribution in [0.2, 0.25) is 0 Å². The summed E-state index contributed by atoms with van der Waals surface area (Å²) in [6, 6.07) is 0. The maximum absolute atomic E-state index is 11.9. The molecule has 1 aromatic rings. The molecule has 1 amide bonds. The van der Waals surface area contributed by atoms with E-state index in [9.17, 15) is 4.79 Å². The summed E-state index contributed by atoms with van der Waals surface area (Å²) in [4.78, 5) is 15.9. The molecule has 0 saturated carbocycles. The minimum atomic E-state index is -0.0955. The van der Waals surface area contributed by atoms with Crippen LogP contribution in [-0.4, -0.2) is 54.1 Å². The predicted octanol–water partition coefficient (Wildman–Crippen LogP) is -0.356. The standard InChI is InChI=1S/C9H14N4O2/c1-12-2-4-13(5-3-12)9(14)7-6-11-15-8(7)10/h6H,2-5,10H2,1H3. The van der Waals surface area contributed by atoms with Gasteiger partial charge >= 0.3 is 0 Å². The smallest absolute Gasteiger partial charge is 0.261 e. The lowest BCUT2D eigenvalue weighted by Gasteiger charge is -2.32. The van der Waals surface area contributed by atoms with Crippen molar-refractivity contribution in [1.29, 1.82) is 0 Å². The van der Waals surface area contributed by atoms with Crippen LogP contribution in [-0.2, 0) is 0 Å². The monoisotopic (exact) mass is 210 g/mol. The lowest BCUT2D eigenvalue weighted by molar-refractivity contribution is 0.0665. The highest BCUT2D eigenvalue weighted by Crippen LogP contribution is 2.13. The summed E-state index contributed by atoms with van der Waals surface area (Å²) in [5, 5.41) is 3.49. The molecule has 0 aliphatic carbocycles. The number of likely N-dealkylation sites (N-methyl/N-ethyl adjacent to an activating group) is 1. The summed E-state index contributed by atoms with van der Waals surface area (Å²) in [5.74, 6) is 0.000720. The van der Waals surface area contributed by atoms with Gasteiger partial charge in [0.25, 0.3) is 5.91 Å². The van der Waals surface area contributed by atoms with E-state index < -0.39 is 0 Å². The molecule has 1 aliphatic rings. The van der Waals surface area contributed by atoms with Crippen molar-refractivity contribution in [2.75, 3.05) is 39.0 Å². The average Bonchev–Trinajstić information content (AvgIpc) is 2.65. The highest BCUT2D eigenvalue weighted by Gasteiger charge is 2.23.